The molecule has 2 aromatic rings. The molecule has 7 nitrogen and oxygen atoms in total. The highest BCUT2D eigenvalue weighted by atomic mass is 16.7. The molecule has 2 aliphatic rings. The molecule has 0 amide bonds. The smallest absolute Gasteiger partial charge is 0.339 e. The number of carbonyl (C=O) groups excluding carboxylic acids is 1. The molecule has 0 atom stereocenters. The predicted octanol–water partition coefficient (Wildman–Crippen LogP) is 3.10. The quantitative estimate of drug-likeness (QED) is 0.850. The molecule has 3 heterocycles. The lowest BCUT2D eigenvalue weighted by Gasteiger charge is -2.13. The van der Waals surface area contributed by atoms with Crippen LogP contribution in [0.2, 0.25) is 0 Å². The number of aromatic carboxylic acids is 1. The topological polar surface area (TPSA) is 87.0 Å². The van der Waals surface area contributed by atoms with Crippen LogP contribution in [0.25, 0.3) is 11.3 Å². The Labute approximate surface area is 150 Å². The maximum Gasteiger partial charge on any atom is 0.339 e. The van der Waals surface area contributed by atoms with Gasteiger partial charge >= 0.3 is 11.9 Å². The zero-order chi connectivity index (χ0) is 18.3. The van der Waals surface area contributed by atoms with Gasteiger partial charge in [-0.3, -0.25) is 0 Å². The van der Waals surface area contributed by atoms with E-state index in [1.165, 1.54) is 13.2 Å². The Morgan fingerprint density at radius 1 is 1.08 bits per heavy atom. The Balaban J connectivity index is 1.95. The van der Waals surface area contributed by atoms with Crippen molar-refractivity contribution in [3.63, 3.8) is 0 Å². The van der Waals surface area contributed by atoms with Crippen molar-refractivity contribution in [3.8, 4) is 22.8 Å². The van der Waals surface area contributed by atoms with Gasteiger partial charge in [-0.25, -0.2) is 9.59 Å². The summed E-state index contributed by atoms with van der Waals surface area (Å²) >= 11 is 0. The van der Waals surface area contributed by atoms with Crippen molar-refractivity contribution in [1.29, 1.82) is 0 Å². The molecule has 0 fully saturated rings. The van der Waals surface area contributed by atoms with Gasteiger partial charge in [0.1, 0.15) is 0 Å². The number of methoxy groups -OCH3 is 1. The SMILES string of the molecule is COC(=O)c1cc(-c2cc3c(cc2C(=O)O)OCO3)n2c1CCCCC2. The van der Waals surface area contributed by atoms with Crippen molar-refractivity contribution in [3.05, 3.63) is 35.0 Å². The first kappa shape index (κ1) is 16.5. The molecule has 26 heavy (non-hydrogen) atoms. The minimum Gasteiger partial charge on any atom is -0.478 e. The molecule has 0 bridgehead atoms. The Kier molecular flexibility index (Phi) is 4.06. The summed E-state index contributed by atoms with van der Waals surface area (Å²) in [4.78, 5) is 24.1. The molecule has 0 saturated heterocycles. The summed E-state index contributed by atoms with van der Waals surface area (Å²) in [7, 11) is 1.35. The number of carbonyl (C=O) groups is 2. The van der Waals surface area contributed by atoms with Crippen molar-refractivity contribution < 1.29 is 28.9 Å². The van der Waals surface area contributed by atoms with Gasteiger partial charge in [-0.1, -0.05) is 6.42 Å². The predicted molar refractivity (Wildman–Crippen MR) is 91.8 cm³/mol. The van der Waals surface area contributed by atoms with E-state index >= 15 is 0 Å². The van der Waals surface area contributed by atoms with Crippen molar-refractivity contribution in [1.82, 2.24) is 4.57 Å². The maximum absolute atomic E-state index is 12.3. The summed E-state index contributed by atoms with van der Waals surface area (Å²) in [5.41, 5.74) is 2.73. The Bertz CT molecular complexity index is 898. The Morgan fingerprint density at radius 2 is 1.85 bits per heavy atom. The normalized spacial score (nSPS) is 15.3. The van der Waals surface area contributed by atoms with E-state index in [1.54, 1.807) is 12.1 Å². The van der Waals surface area contributed by atoms with E-state index in [9.17, 15) is 14.7 Å². The molecule has 7 heteroatoms. The number of benzene rings is 1. The van der Waals surface area contributed by atoms with E-state index in [0.29, 0.717) is 28.3 Å². The van der Waals surface area contributed by atoms with E-state index in [2.05, 4.69) is 0 Å². The van der Waals surface area contributed by atoms with Gasteiger partial charge in [-0.15, -0.1) is 0 Å². The van der Waals surface area contributed by atoms with Crippen molar-refractivity contribution in [2.24, 2.45) is 0 Å². The van der Waals surface area contributed by atoms with Crippen LogP contribution in [-0.4, -0.2) is 35.5 Å². The van der Waals surface area contributed by atoms with Gasteiger partial charge in [0, 0.05) is 17.8 Å². The molecule has 1 N–H and O–H groups in total. The van der Waals surface area contributed by atoms with Crippen molar-refractivity contribution in [2.75, 3.05) is 13.9 Å². The molecule has 1 aromatic heterocycles. The number of carboxylic acid groups (broad SMARTS) is 1. The molecule has 2 aliphatic heterocycles. The van der Waals surface area contributed by atoms with Crippen LogP contribution in [0.4, 0.5) is 0 Å². The first-order valence-electron chi connectivity index (χ1n) is 8.58. The number of ether oxygens (including phenoxy) is 3. The minimum atomic E-state index is -1.05. The zero-order valence-electron chi connectivity index (χ0n) is 14.4. The number of rotatable bonds is 3. The van der Waals surface area contributed by atoms with Crippen LogP contribution in [0, 0.1) is 0 Å². The highest BCUT2D eigenvalue weighted by molar-refractivity contribution is 5.99. The molecule has 4 rings (SSSR count). The van der Waals surface area contributed by atoms with E-state index in [0.717, 1.165) is 37.9 Å². The summed E-state index contributed by atoms with van der Waals surface area (Å²) in [5, 5.41) is 9.68. The van der Waals surface area contributed by atoms with Crippen LogP contribution in [0.15, 0.2) is 18.2 Å². The average Bonchev–Trinajstić information content (AvgIpc) is 3.16. The van der Waals surface area contributed by atoms with Gasteiger partial charge in [-0.05, 0) is 37.5 Å². The van der Waals surface area contributed by atoms with Gasteiger partial charge in [0.05, 0.1) is 23.9 Å². The van der Waals surface area contributed by atoms with E-state index < -0.39 is 11.9 Å². The third-order valence-corrected chi connectivity index (χ3v) is 4.93. The second-order valence-electron chi connectivity index (χ2n) is 6.40. The van der Waals surface area contributed by atoms with Gasteiger partial charge in [0.15, 0.2) is 11.5 Å². The Morgan fingerprint density at radius 3 is 2.58 bits per heavy atom. The number of fused-ring (bicyclic) bond motifs is 2. The third-order valence-electron chi connectivity index (χ3n) is 4.93. The highest BCUT2D eigenvalue weighted by Crippen LogP contribution is 2.40. The van der Waals surface area contributed by atoms with Gasteiger partial charge in [-0.2, -0.15) is 0 Å². The van der Waals surface area contributed by atoms with Crippen LogP contribution < -0.4 is 9.47 Å². The van der Waals surface area contributed by atoms with E-state index in [1.807, 2.05) is 4.57 Å². The second-order valence-corrected chi connectivity index (χ2v) is 6.40. The number of carboxylic acids is 1. The summed E-state index contributed by atoms with van der Waals surface area (Å²) in [6.45, 7) is 0.798. The highest BCUT2D eigenvalue weighted by Gasteiger charge is 2.27. The van der Waals surface area contributed by atoms with Crippen LogP contribution in [0.1, 0.15) is 45.7 Å². The number of esters is 1. The van der Waals surface area contributed by atoms with E-state index in [-0.39, 0.29) is 12.4 Å². The molecule has 0 spiro atoms. The molecule has 1 aromatic carbocycles. The Hall–Kier alpha value is -2.96. The number of hydrogen-bond donors (Lipinski definition) is 1. The fourth-order valence-electron chi connectivity index (χ4n) is 3.69. The monoisotopic (exact) mass is 357 g/mol. The lowest BCUT2D eigenvalue weighted by Crippen LogP contribution is -2.08. The number of nitrogens with zero attached hydrogens (tertiary/aromatic N) is 1. The van der Waals surface area contributed by atoms with Crippen LogP contribution in [0.5, 0.6) is 11.5 Å². The molecular weight excluding hydrogens is 338 g/mol. The molecule has 0 saturated carbocycles. The second kappa shape index (κ2) is 6.40. The lowest BCUT2D eigenvalue weighted by molar-refractivity contribution is 0.0598. The van der Waals surface area contributed by atoms with Crippen LogP contribution >= 0.6 is 0 Å². The molecule has 0 aliphatic carbocycles. The molecule has 136 valence electrons. The van der Waals surface area contributed by atoms with Crippen molar-refractivity contribution >= 4 is 11.9 Å². The average molecular weight is 357 g/mol. The fourth-order valence-corrected chi connectivity index (χ4v) is 3.69. The first-order valence-corrected chi connectivity index (χ1v) is 8.58. The summed E-state index contributed by atoms with van der Waals surface area (Å²) < 4.78 is 17.7. The summed E-state index contributed by atoms with van der Waals surface area (Å²) in [6.07, 6.45) is 3.79. The largest absolute Gasteiger partial charge is 0.478 e. The molecule has 0 radical (unpaired) electrons. The van der Waals surface area contributed by atoms with Gasteiger partial charge in [0.25, 0.3) is 0 Å². The fraction of sp³-hybridized carbons (Fsp3) is 0.368. The first-order chi connectivity index (χ1) is 12.6. The minimum absolute atomic E-state index is 0.0670. The van der Waals surface area contributed by atoms with Gasteiger partial charge in [0.2, 0.25) is 6.79 Å². The van der Waals surface area contributed by atoms with Crippen molar-refractivity contribution in [2.45, 2.75) is 32.2 Å². The zero-order valence-corrected chi connectivity index (χ0v) is 14.4. The molecule has 0 unspecified atom stereocenters. The lowest BCUT2D eigenvalue weighted by atomic mass is 10.0. The van der Waals surface area contributed by atoms with E-state index in [4.69, 9.17) is 14.2 Å². The molecular formula is C19H19NO6. The van der Waals surface area contributed by atoms with Gasteiger partial charge < -0.3 is 23.9 Å². The number of aromatic nitrogens is 1. The van der Waals surface area contributed by atoms with Crippen LogP contribution in [-0.2, 0) is 17.7 Å². The summed E-state index contributed by atoms with van der Waals surface area (Å²) in [5.74, 6) is -0.530. The standard InChI is InChI=1S/C19H19NO6/c1-24-19(23)13-7-15(20-6-4-2-3-5-14(13)20)11-8-16-17(26-10-25-16)9-12(11)18(21)22/h7-9H,2-6,10H2,1H3,(H,21,22). The number of hydrogen-bond acceptors (Lipinski definition) is 5. The summed E-state index contributed by atoms with van der Waals surface area (Å²) in [6, 6.07) is 4.89. The third kappa shape index (κ3) is 2.60. The maximum atomic E-state index is 12.3. The van der Waals surface area contributed by atoms with Crippen LogP contribution in [0.3, 0.4) is 0 Å².